The summed E-state index contributed by atoms with van der Waals surface area (Å²) in [6, 6.07) is 1.67. The van der Waals surface area contributed by atoms with Gasteiger partial charge in [0.1, 0.15) is 22.8 Å². The minimum absolute atomic E-state index is 0. The van der Waals surface area contributed by atoms with E-state index >= 15 is 0 Å². The van der Waals surface area contributed by atoms with Gasteiger partial charge in [-0.3, -0.25) is 4.99 Å². The highest BCUT2D eigenvalue weighted by Crippen LogP contribution is 2.16. The number of rotatable bonds is 7. The summed E-state index contributed by atoms with van der Waals surface area (Å²) in [4.78, 5) is 15.8. The third-order valence-corrected chi connectivity index (χ3v) is 4.07. The van der Waals surface area contributed by atoms with Crippen LogP contribution in [0.25, 0.3) is 0 Å². The second kappa shape index (κ2) is 11.0. The van der Waals surface area contributed by atoms with Gasteiger partial charge < -0.3 is 24.3 Å². The minimum Gasteiger partial charge on any atom is -0.465 e. The van der Waals surface area contributed by atoms with Crippen molar-refractivity contribution in [2.24, 2.45) is 4.99 Å². The number of halogens is 1. The number of ether oxygens (including phenoxy) is 1. The predicted molar refractivity (Wildman–Crippen MR) is 112 cm³/mol. The lowest BCUT2D eigenvalue weighted by molar-refractivity contribution is 0.0599. The summed E-state index contributed by atoms with van der Waals surface area (Å²) >= 11 is 0. The van der Waals surface area contributed by atoms with Crippen LogP contribution >= 0.6 is 24.0 Å². The lowest BCUT2D eigenvalue weighted by Crippen LogP contribution is -2.36. The molecule has 2 rings (SSSR count). The summed E-state index contributed by atoms with van der Waals surface area (Å²) < 4.78 is 15.7. The van der Waals surface area contributed by atoms with Gasteiger partial charge in [-0.1, -0.05) is 19.0 Å². The van der Waals surface area contributed by atoms with Crippen molar-refractivity contribution >= 4 is 35.9 Å². The molecule has 0 unspecified atom stereocenters. The van der Waals surface area contributed by atoms with Crippen LogP contribution in [0.3, 0.4) is 0 Å². The molecular weight excluding hydrogens is 463 g/mol. The monoisotopic (exact) mass is 490 g/mol. The Morgan fingerprint density at radius 2 is 1.96 bits per heavy atom. The number of aliphatic imine (C=N–C) groups is 1. The number of nitrogens with one attached hydrogen (secondary N) is 2. The van der Waals surface area contributed by atoms with Crippen molar-refractivity contribution in [3.05, 3.63) is 40.2 Å². The van der Waals surface area contributed by atoms with Crippen molar-refractivity contribution in [3.8, 4) is 0 Å². The van der Waals surface area contributed by atoms with Crippen LogP contribution in [-0.4, -0.2) is 31.2 Å². The van der Waals surface area contributed by atoms with Crippen molar-refractivity contribution in [3.63, 3.8) is 0 Å². The zero-order valence-electron chi connectivity index (χ0n) is 16.3. The van der Waals surface area contributed by atoms with Crippen molar-refractivity contribution in [2.45, 2.75) is 46.7 Å². The van der Waals surface area contributed by atoms with Crippen molar-refractivity contribution < 1.29 is 18.5 Å². The Morgan fingerprint density at radius 3 is 2.56 bits per heavy atom. The maximum absolute atomic E-state index is 11.6. The quantitative estimate of drug-likeness (QED) is 0.266. The maximum atomic E-state index is 11.6. The molecule has 0 atom stereocenters. The first-order chi connectivity index (χ1) is 12.5. The number of carbonyl (C=O) groups excluding carboxylic acids is 1. The average molecular weight is 490 g/mol. The van der Waals surface area contributed by atoms with E-state index in [-0.39, 0.29) is 24.0 Å². The predicted octanol–water partition coefficient (Wildman–Crippen LogP) is 2.97. The first-order valence-corrected chi connectivity index (χ1v) is 8.62. The summed E-state index contributed by atoms with van der Waals surface area (Å²) in [7, 11) is 3.04. The SMILES string of the molecule is CCc1noc(CC)c1CNC(=NC)NCc1cc(C(=O)OC)c(C)o1.I. The molecule has 0 bridgehead atoms. The molecular formula is C18H27IN4O4. The molecule has 150 valence electrons. The summed E-state index contributed by atoms with van der Waals surface area (Å²) in [6.07, 6.45) is 1.60. The second-order valence-corrected chi connectivity index (χ2v) is 5.69. The number of furan rings is 1. The molecule has 8 nitrogen and oxygen atoms in total. The number of esters is 1. The Hall–Kier alpha value is -2.04. The number of hydrogen-bond acceptors (Lipinski definition) is 6. The first kappa shape index (κ1) is 23.0. The number of nitrogens with zero attached hydrogens (tertiary/aromatic N) is 2. The van der Waals surface area contributed by atoms with Crippen LogP contribution in [0.1, 0.15) is 52.7 Å². The molecule has 0 saturated heterocycles. The van der Waals surface area contributed by atoms with Crippen LogP contribution in [-0.2, 0) is 30.7 Å². The molecule has 0 spiro atoms. The molecule has 0 aliphatic carbocycles. The van der Waals surface area contributed by atoms with Crippen LogP contribution in [0.4, 0.5) is 0 Å². The third-order valence-electron chi connectivity index (χ3n) is 4.07. The Labute approximate surface area is 176 Å². The zero-order chi connectivity index (χ0) is 19.1. The molecule has 2 aromatic rings. The molecule has 27 heavy (non-hydrogen) atoms. The number of hydrogen-bond donors (Lipinski definition) is 2. The van der Waals surface area contributed by atoms with E-state index < -0.39 is 5.97 Å². The molecule has 0 amide bonds. The smallest absolute Gasteiger partial charge is 0.341 e. The summed E-state index contributed by atoms with van der Waals surface area (Å²) in [5.41, 5.74) is 2.45. The lowest BCUT2D eigenvalue weighted by atomic mass is 10.1. The van der Waals surface area contributed by atoms with Gasteiger partial charge in [-0.2, -0.15) is 0 Å². The highest BCUT2D eigenvalue weighted by Gasteiger charge is 2.16. The van der Waals surface area contributed by atoms with Gasteiger partial charge in [-0.15, -0.1) is 24.0 Å². The van der Waals surface area contributed by atoms with Gasteiger partial charge in [0.25, 0.3) is 0 Å². The largest absolute Gasteiger partial charge is 0.465 e. The van der Waals surface area contributed by atoms with E-state index in [1.54, 1.807) is 20.0 Å². The van der Waals surface area contributed by atoms with Crippen molar-refractivity contribution in [2.75, 3.05) is 14.2 Å². The normalized spacial score (nSPS) is 11.1. The van der Waals surface area contributed by atoms with Gasteiger partial charge >= 0.3 is 5.97 Å². The third kappa shape index (κ3) is 5.72. The summed E-state index contributed by atoms with van der Waals surface area (Å²) in [5, 5.41) is 10.5. The summed E-state index contributed by atoms with van der Waals surface area (Å²) in [5.74, 6) is 2.24. The second-order valence-electron chi connectivity index (χ2n) is 5.69. The van der Waals surface area contributed by atoms with E-state index in [2.05, 4.69) is 20.8 Å². The Bertz CT molecular complexity index is 761. The Kier molecular flexibility index (Phi) is 9.33. The number of aryl methyl sites for hydroxylation is 3. The van der Waals surface area contributed by atoms with Crippen molar-refractivity contribution in [1.82, 2.24) is 15.8 Å². The fourth-order valence-corrected chi connectivity index (χ4v) is 2.64. The molecule has 0 aliphatic rings. The first-order valence-electron chi connectivity index (χ1n) is 8.62. The van der Waals surface area contributed by atoms with Crippen molar-refractivity contribution in [1.29, 1.82) is 0 Å². The van der Waals surface area contributed by atoms with Gasteiger partial charge in [0, 0.05) is 25.6 Å². The standard InChI is InChI=1S/C18H26N4O4.HI/c1-6-15-14(16(7-2)26-22-15)10-21-18(19-4)20-9-12-8-13(11(3)25-12)17(23)24-5;/h8H,6-7,9-10H2,1-5H3,(H2,19,20,21);1H. The Morgan fingerprint density at radius 1 is 1.26 bits per heavy atom. The van der Waals surface area contributed by atoms with Gasteiger partial charge in [-0.25, -0.2) is 4.79 Å². The highest BCUT2D eigenvalue weighted by molar-refractivity contribution is 14.0. The molecule has 0 saturated carbocycles. The lowest BCUT2D eigenvalue weighted by Gasteiger charge is -2.11. The minimum atomic E-state index is -0.411. The van der Waals surface area contributed by atoms with E-state index in [9.17, 15) is 4.79 Å². The van der Waals surface area contributed by atoms with E-state index in [0.29, 0.717) is 36.1 Å². The van der Waals surface area contributed by atoms with Crippen LogP contribution in [0.15, 0.2) is 20.0 Å². The Balaban J connectivity index is 0.00000364. The average Bonchev–Trinajstić information content (AvgIpc) is 3.23. The summed E-state index contributed by atoms with van der Waals surface area (Å²) in [6.45, 7) is 6.77. The molecule has 0 aromatic carbocycles. The highest BCUT2D eigenvalue weighted by atomic mass is 127. The van der Waals surface area contributed by atoms with E-state index in [4.69, 9.17) is 13.7 Å². The number of carbonyl (C=O) groups is 1. The van der Waals surface area contributed by atoms with Crippen LogP contribution in [0.5, 0.6) is 0 Å². The number of methoxy groups -OCH3 is 1. The number of guanidine groups is 1. The van der Waals surface area contributed by atoms with E-state index in [0.717, 1.165) is 29.9 Å². The molecule has 2 heterocycles. The van der Waals surface area contributed by atoms with Crippen LogP contribution in [0.2, 0.25) is 0 Å². The zero-order valence-corrected chi connectivity index (χ0v) is 18.7. The molecule has 9 heteroatoms. The van der Waals surface area contributed by atoms with E-state index in [1.807, 2.05) is 13.8 Å². The van der Waals surface area contributed by atoms with E-state index in [1.165, 1.54) is 7.11 Å². The topological polar surface area (TPSA) is 102 Å². The van der Waals surface area contributed by atoms with Gasteiger partial charge in [0.15, 0.2) is 5.96 Å². The fraction of sp³-hybridized carbons (Fsp3) is 0.500. The molecule has 0 aliphatic heterocycles. The van der Waals surface area contributed by atoms with Gasteiger partial charge in [0.05, 0.1) is 19.3 Å². The van der Waals surface area contributed by atoms with Crippen LogP contribution in [0, 0.1) is 6.92 Å². The molecule has 2 aromatic heterocycles. The number of aromatic nitrogens is 1. The fourth-order valence-electron chi connectivity index (χ4n) is 2.64. The van der Waals surface area contributed by atoms with Gasteiger partial charge in [-0.05, 0) is 19.4 Å². The molecule has 2 N–H and O–H groups in total. The maximum Gasteiger partial charge on any atom is 0.341 e. The molecule has 0 radical (unpaired) electrons. The van der Waals surface area contributed by atoms with Crippen LogP contribution < -0.4 is 10.6 Å². The van der Waals surface area contributed by atoms with Gasteiger partial charge in [0.2, 0.25) is 0 Å². The molecule has 0 fully saturated rings.